The molecule has 2 heterocycles. The normalized spacial score (nSPS) is 27.2. The summed E-state index contributed by atoms with van der Waals surface area (Å²) in [5.74, 6) is -5.17. The van der Waals surface area contributed by atoms with E-state index in [1.54, 1.807) is 14.0 Å². The van der Waals surface area contributed by atoms with Gasteiger partial charge in [-0.2, -0.15) is 0 Å². The maximum Gasteiger partial charge on any atom is 0.328 e. The molecule has 0 aliphatic carbocycles. The van der Waals surface area contributed by atoms with Crippen molar-refractivity contribution in [2.24, 2.45) is 17.8 Å². The first-order chi connectivity index (χ1) is 20.4. The lowest BCUT2D eigenvalue weighted by Crippen LogP contribution is -2.60. The van der Waals surface area contributed by atoms with E-state index in [1.165, 1.54) is 19.1 Å². The Morgan fingerprint density at radius 2 is 1.77 bits per heavy atom. The third-order valence-corrected chi connectivity index (χ3v) is 8.54. The number of aliphatic hydroxyl groups is 1. The fraction of sp³-hybridized carbons (Fsp3) is 0.697. The number of amides is 1. The van der Waals surface area contributed by atoms with Crippen LogP contribution in [0.15, 0.2) is 36.0 Å². The Balaban J connectivity index is 2.02. The van der Waals surface area contributed by atoms with E-state index in [0.717, 1.165) is 18.4 Å². The molecule has 1 amide bonds. The van der Waals surface area contributed by atoms with Gasteiger partial charge in [0.2, 0.25) is 5.79 Å². The van der Waals surface area contributed by atoms with Gasteiger partial charge in [0.15, 0.2) is 5.78 Å². The van der Waals surface area contributed by atoms with Gasteiger partial charge in [-0.15, -0.1) is 0 Å². The fourth-order valence-electron chi connectivity index (χ4n) is 5.73. The molecule has 1 N–H and O–H groups in total. The van der Waals surface area contributed by atoms with Crippen molar-refractivity contribution >= 4 is 23.4 Å². The van der Waals surface area contributed by atoms with Gasteiger partial charge in [0.1, 0.15) is 12.6 Å². The molecule has 0 aromatic heterocycles. The van der Waals surface area contributed by atoms with Crippen molar-refractivity contribution < 1.29 is 43.2 Å². The van der Waals surface area contributed by atoms with Crippen molar-refractivity contribution in [2.45, 2.75) is 96.7 Å². The molecule has 242 valence electrons. The molecule has 0 spiro atoms. The summed E-state index contributed by atoms with van der Waals surface area (Å²) in [5.41, 5.74) is 0.932. The molecule has 10 heteroatoms. The molecule has 2 fully saturated rings. The molecule has 0 bridgehead atoms. The zero-order chi connectivity index (χ0) is 32.2. The van der Waals surface area contributed by atoms with E-state index >= 15 is 0 Å². The minimum Gasteiger partial charge on any atom is -0.467 e. The maximum atomic E-state index is 13.4. The molecule has 7 atom stereocenters. The number of allylic oxidation sites excluding steroid dienone is 5. The van der Waals surface area contributed by atoms with Crippen molar-refractivity contribution in [1.29, 1.82) is 0 Å². The zero-order valence-electron chi connectivity index (χ0n) is 26.9. The number of carbonyl (C=O) groups is 4. The second-order valence-corrected chi connectivity index (χ2v) is 11.9. The van der Waals surface area contributed by atoms with Crippen LogP contribution in [0.3, 0.4) is 0 Å². The first kappa shape index (κ1) is 36.5. The number of hydrogen-bond donors (Lipinski definition) is 1. The third kappa shape index (κ3) is 10.2. The molecule has 2 aliphatic rings. The summed E-state index contributed by atoms with van der Waals surface area (Å²) in [6.07, 6.45) is 12.9. The molecular formula is C33H51NO9. The van der Waals surface area contributed by atoms with Gasteiger partial charge in [0.25, 0.3) is 11.7 Å². The van der Waals surface area contributed by atoms with E-state index in [9.17, 15) is 24.3 Å². The Morgan fingerprint density at radius 1 is 1.05 bits per heavy atom. The van der Waals surface area contributed by atoms with Gasteiger partial charge in [-0.05, 0) is 56.9 Å². The van der Waals surface area contributed by atoms with Crippen LogP contribution in [0, 0.1) is 17.8 Å². The number of Topliss-reactive ketones (excluding diaryl/α,β-unsaturated/α-hetero) is 2. The van der Waals surface area contributed by atoms with Crippen LogP contribution in [0.2, 0.25) is 0 Å². The van der Waals surface area contributed by atoms with E-state index in [2.05, 4.69) is 13.0 Å². The highest BCUT2D eigenvalue weighted by Crippen LogP contribution is 2.36. The minimum atomic E-state index is -2.29. The van der Waals surface area contributed by atoms with Crippen molar-refractivity contribution in [2.75, 3.05) is 34.5 Å². The van der Waals surface area contributed by atoms with E-state index in [0.29, 0.717) is 32.1 Å². The van der Waals surface area contributed by atoms with Gasteiger partial charge in [0.05, 0.1) is 19.3 Å². The number of carbonyl (C=O) groups excluding carboxylic acids is 4. The monoisotopic (exact) mass is 605 g/mol. The second kappa shape index (κ2) is 17.6. The zero-order valence-corrected chi connectivity index (χ0v) is 26.9. The number of rotatable bonds is 15. The molecular weight excluding hydrogens is 554 g/mol. The van der Waals surface area contributed by atoms with Crippen molar-refractivity contribution in [3.63, 3.8) is 0 Å². The van der Waals surface area contributed by atoms with E-state index < -0.39 is 41.5 Å². The quantitative estimate of drug-likeness (QED) is 0.168. The smallest absolute Gasteiger partial charge is 0.328 e. The molecule has 2 aliphatic heterocycles. The van der Waals surface area contributed by atoms with Crippen molar-refractivity contribution in [3.8, 4) is 0 Å². The molecule has 0 aromatic carbocycles. The van der Waals surface area contributed by atoms with E-state index in [4.69, 9.17) is 18.9 Å². The van der Waals surface area contributed by atoms with Crippen molar-refractivity contribution in [3.05, 3.63) is 36.0 Å². The van der Waals surface area contributed by atoms with Gasteiger partial charge in [-0.1, -0.05) is 51.2 Å². The molecule has 2 saturated heterocycles. The highest BCUT2D eigenvalue weighted by Gasteiger charge is 2.52. The number of piperidine rings is 1. The number of ether oxygens (including phenoxy) is 4. The Hall–Kier alpha value is -2.66. The molecule has 0 saturated carbocycles. The average Bonchev–Trinajstić information content (AvgIpc) is 3.00. The highest BCUT2D eigenvalue weighted by molar-refractivity contribution is 6.39. The summed E-state index contributed by atoms with van der Waals surface area (Å²) in [5, 5.41) is 11.4. The lowest BCUT2D eigenvalue weighted by atomic mass is 9.85. The molecule has 2 rings (SSSR count). The Labute approximate surface area is 256 Å². The summed E-state index contributed by atoms with van der Waals surface area (Å²) in [6, 6.07) is -0.848. The summed E-state index contributed by atoms with van der Waals surface area (Å²) >= 11 is 0. The molecule has 0 unspecified atom stereocenters. The van der Waals surface area contributed by atoms with E-state index in [-0.39, 0.29) is 36.9 Å². The molecule has 0 radical (unpaired) electrons. The Bertz CT molecular complexity index is 1050. The first-order valence-electron chi connectivity index (χ1n) is 15.3. The number of likely N-dealkylation sites (tertiary alicyclic amines) is 1. The number of nitrogens with zero attached hydrogens (tertiary/aromatic N) is 1. The average molecular weight is 606 g/mol. The third-order valence-electron chi connectivity index (χ3n) is 8.54. The number of hydrogen-bond acceptors (Lipinski definition) is 9. The van der Waals surface area contributed by atoms with Crippen LogP contribution in [0.1, 0.15) is 72.6 Å². The van der Waals surface area contributed by atoms with Crippen molar-refractivity contribution in [1.82, 2.24) is 4.90 Å². The lowest BCUT2D eigenvalue weighted by Gasteiger charge is -2.42. The Kier molecular flexibility index (Phi) is 14.9. The number of ketones is 2. The largest absolute Gasteiger partial charge is 0.467 e. The van der Waals surface area contributed by atoms with Crippen LogP contribution >= 0.6 is 0 Å². The SMILES string of the molecule is COCC(=O)[C@H](C)C[C@H](C)\C=C/C=C/C=C(\C)[C@H](C[C@@H]1CC[C@@H](C)[C@](O)(C(=O)C(=O)N2CCCC[C@H]2C(=O)OC)O1)OC. The topological polar surface area (TPSA) is 129 Å². The number of methoxy groups -OCH3 is 3. The molecule has 0 aromatic rings. The minimum absolute atomic E-state index is 0.0641. The summed E-state index contributed by atoms with van der Waals surface area (Å²) < 4.78 is 21.5. The van der Waals surface area contributed by atoms with Crippen LogP contribution < -0.4 is 0 Å². The molecule has 43 heavy (non-hydrogen) atoms. The van der Waals surface area contributed by atoms with Gasteiger partial charge in [-0.3, -0.25) is 14.4 Å². The summed E-state index contributed by atoms with van der Waals surface area (Å²) in [4.78, 5) is 52.1. The van der Waals surface area contributed by atoms with Gasteiger partial charge < -0.3 is 29.0 Å². The predicted octanol–water partition coefficient (Wildman–Crippen LogP) is 3.95. The van der Waals surface area contributed by atoms with Crippen LogP contribution in [-0.2, 0) is 38.1 Å². The van der Waals surface area contributed by atoms with Gasteiger partial charge >= 0.3 is 5.97 Å². The van der Waals surface area contributed by atoms with E-state index in [1.807, 2.05) is 38.2 Å². The van der Waals surface area contributed by atoms with Gasteiger partial charge in [-0.25, -0.2) is 4.79 Å². The van der Waals surface area contributed by atoms with Crippen LogP contribution in [-0.4, -0.2) is 92.0 Å². The summed E-state index contributed by atoms with van der Waals surface area (Å²) in [6.45, 7) is 7.98. The molecule has 10 nitrogen and oxygen atoms in total. The van der Waals surface area contributed by atoms with Crippen LogP contribution in [0.25, 0.3) is 0 Å². The first-order valence-corrected chi connectivity index (χ1v) is 15.3. The highest BCUT2D eigenvalue weighted by atomic mass is 16.6. The maximum absolute atomic E-state index is 13.4. The van der Waals surface area contributed by atoms with Crippen LogP contribution in [0.4, 0.5) is 0 Å². The summed E-state index contributed by atoms with van der Waals surface area (Å²) in [7, 11) is 4.36. The number of esters is 1. The van der Waals surface area contributed by atoms with Gasteiger partial charge in [0, 0.05) is 39.0 Å². The lowest BCUT2D eigenvalue weighted by molar-refractivity contribution is -0.265. The predicted molar refractivity (Wildman–Crippen MR) is 162 cm³/mol. The van der Waals surface area contributed by atoms with Crippen LogP contribution in [0.5, 0.6) is 0 Å². The second-order valence-electron chi connectivity index (χ2n) is 11.9. The fourth-order valence-corrected chi connectivity index (χ4v) is 5.73. The Morgan fingerprint density at radius 3 is 2.42 bits per heavy atom. The standard InChI is InChI=1S/C33H51NO9/c1-22(19-24(3)28(35)21-40-5)13-9-8-10-14-23(2)29(41-6)20-26-17-16-25(4)33(39,43-26)30(36)31(37)34-18-12-11-15-27(34)32(38)42-7/h8-10,13-14,22,24-27,29,39H,11-12,15-21H2,1-7H3/b10-8+,13-9-,23-14+/t22-,24-,25-,26+,27+,29+,33-/m1/s1.